The first-order chi connectivity index (χ1) is 13.9. The van der Waals surface area contributed by atoms with E-state index in [0.29, 0.717) is 43.7 Å². The summed E-state index contributed by atoms with van der Waals surface area (Å²) >= 11 is 0. The minimum Gasteiger partial charge on any atom is -0.486 e. The van der Waals surface area contributed by atoms with Gasteiger partial charge in [-0.2, -0.15) is 0 Å². The van der Waals surface area contributed by atoms with E-state index in [0.717, 1.165) is 22.4 Å². The van der Waals surface area contributed by atoms with E-state index in [1.54, 1.807) is 0 Å². The summed E-state index contributed by atoms with van der Waals surface area (Å²) < 4.78 is 12.0. The van der Waals surface area contributed by atoms with Crippen LogP contribution >= 0.6 is 0 Å². The Morgan fingerprint density at radius 1 is 1.14 bits per heavy atom. The Balaban J connectivity index is 1.37. The van der Waals surface area contributed by atoms with Crippen molar-refractivity contribution >= 4 is 11.7 Å². The maximum absolute atomic E-state index is 12.7. The summed E-state index contributed by atoms with van der Waals surface area (Å²) in [5, 5.41) is 0. The van der Waals surface area contributed by atoms with Crippen molar-refractivity contribution in [1.82, 2.24) is 4.90 Å². The van der Waals surface area contributed by atoms with E-state index < -0.39 is 5.60 Å². The molecule has 0 unspecified atom stereocenters. The van der Waals surface area contributed by atoms with E-state index in [2.05, 4.69) is 0 Å². The number of hydrogen-bond donors (Lipinski definition) is 0. The molecule has 1 spiro atoms. The maximum Gasteiger partial charge on any atom is 0.260 e. The minimum atomic E-state index is -0.496. The molecule has 0 aromatic heterocycles. The van der Waals surface area contributed by atoms with E-state index in [-0.39, 0.29) is 18.3 Å². The van der Waals surface area contributed by atoms with Crippen molar-refractivity contribution in [2.24, 2.45) is 0 Å². The number of nitrogens with zero attached hydrogens (tertiary/aromatic N) is 1. The molecule has 0 atom stereocenters. The van der Waals surface area contributed by atoms with Crippen LogP contribution in [0.3, 0.4) is 0 Å². The highest BCUT2D eigenvalue weighted by Gasteiger charge is 2.43. The van der Waals surface area contributed by atoms with Crippen LogP contribution in [0, 0.1) is 20.8 Å². The molecule has 152 valence electrons. The Hall–Kier alpha value is -2.82. The van der Waals surface area contributed by atoms with Gasteiger partial charge in [-0.25, -0.2) is 0 Å². The Labute approximate surface area is 171 Å². The lowest BCUT2D eigenvalue weighted by molar-refractivity contribution is -0.136. The SMILES string of the molecule is Cc1ccc2c(c1)C(=O)CC1(CCN(C(=O)COc3cccc(C)c3C)CC1)O2. The number of carbonyl (C=O) groups excluding carboxylic acids is 2. The van der Waals surface area contributed by atoms with Gasteiger partial charge in [-0.3, -0.25) is 9.59 Å². The number of benzene rings is 2. The summed E-state index contributed by atoms with van der Waals surface area (Å²) in [7, 11) is 0. The Kier molecular flexibility index (Phi) is 5.07. The van der Waals surface area contributed by atoms with Gasteiger partial charge in [0.15, 0.2) is 12.4 Å². The van der Waals surface area contributed by atoms with Crippen LogP contribution in [0.4, 0.5) is 0 Å². The quantitative estimate of drug-likeness (QED) is 0.790. The molecular formula is C24H27NO4. The van der Waals surface area contributed by atoms with E-state index in [9.17, 15) is 9.59 Å². The highest BCUT2D eigenvalue weighted by atomic mass is 16.5. The van der Waals surface area contributed by atoms with Crippen LogP contribution in [0.15, 0.2) is 36.4 Å². The second kappa shape index (κ2) is 7.54. The number of rotatable bonds is 3. The zero-order chi connectivity index (χ0) is 20.6. The molecule has 0 N–H and O–H groups in total. The Morgan fingerprint density at radius 3 is 2.66 bits per heavy atom. The molecule has 1 saturated heterocycles. The van der Waals surface area contributed by atoms with Gasteiger partial charge in [0.05, 0.1) is 12.0 Å². The summed E-state index contributed by atoms with van der Waals surface area (Å²) in [5.41, 5.74) is 3.44. The average molecular weight is 393 g/mol. The average Bonchev–Trinajstić information content (AvgIpc) is 2.70. The van der Waals surface area contributed by atoms with Crippen molar-refractivity contribution in [3.05, 3.63) is 58.7 Å². The number of carbonyl (C=O) groups is 2. The van der Waals surface area contributed by atoms with Gasteiger partial charge < -0.3 is 14.4 Å². The van der Waals surface area contributed by atoms with Gasteiger partial charge in [0.1, 0.15) is 17.1 Å². The van der Waals surface area contributed by atoms with Crippen molar-refractivity contribution in [3.63, 3.8) is 0 Å². The summed E-state index contributed by atoms with van der Waals surface area (Å²) in [6.45, 7) is 7.17. The third-order valence-electron chi connectivity index (χ3n) is 6.18. The predicted molar refractivity (Wildman–Crippen MR) is 111 cm³/mol. The van der Waals surface area contributed by atoms with Crippen LogP contribution in [-0.4, -0.2) is 41.9 Å². The smallest absolute Gasteiger partial charge is 0.260 e. The van der Waals surface area contributed by atoms with E-state index in [1.165, 1.54) is 0 Å². The molecule has 0 radical (unpaired) electrons. The number of ether oxygens (including phenoxy) is 2. The van der Waals surface area contributed by atoms with E-state index in [1.807, 2.05) is 62.1 Å². The number of fused-ring (bicyclic) bond motifs is 1. The minimum absolute atomic E-state index is 0.0270. The molecule has 4 rings (SSSR count). The van der Waals surface area contributed by atoms with Gasteiger partial charge in [-0.05, 0) is 50.1 Å². The number of ketones is 1. The van der Waals surface area contributed by atoms with Crippen LogP contribution < -0.4 is 9.47 Å². The van der Waals surface area contributed by atoms with Crippen molar-refractivity contribution in [3.8, 4) is 11.5 Å². The van der Waals surface area contributed by atoms with Crippen LogP contribution in [-0.2, 0) is 4.79 Å². The lowest BCUT2D eigenvalue weighted by atomic mass is 9.82. The molecule has 0 saturated carbocycles. The van der Waals surface area contributed by atoms with E-state index >= 15 is 0 Å². The predicted octanol–water partition coefficient (Wildman–Crippen LogP) is 4.02. The molecule has 2 aromatic carbocycles. The largest absolute Gasteiger partial charge is 0.486 e. The highest BCUT2D eigenvalue weighted by Crippen LogP contribution is 2.39. The molecule has 1 amide bonds. The number of Topliss-reactive ketones (excluding diaryl/α,β-unsaturated/α-hetero) is 1. The summed E-state index contributed by atoms with van der Waals surface area (Å²) in [5.74, 6) is 1.52. The lowest BCUT2D eigenvalue weighted by Crippen LogP contribution is -2.53. The summed E-state index contributed by atoms with van der Waals surface area (Å²) in [6.07, 6.45) is 1.69. The van der Waals surface area contributed by atoms with Crippen LogP contribution in [0.25, 0.3) is 0 Å². The lowest BCUT2D eigenvalue weighted by Gasteiger charge is -2.44. The number of amides is 1. The molecule has 29 heavy (non-hydrogen) atoms. The number of aryl methyl sites for hydroxylation is 2. The molecule has 2 aliphatic rings. The zero-order valence-electron chi connectivity index (χ0n) is 17.3. The fourth-order valence-electron chi connectivity index (χ4n) is 4.16. The molecule has 1 fully saturated rings. The fourth-order valence-corrected chi connectivity index (χ4v) is 4.16. The first-order valence-corrected chi connectivity index (χ1v) is 10.2. The fraction of sp³-hybridized carbons (Fsp3) is 0.417. The van der Waals surface area contributed by atoms with Crippen molar-refractivity contribution in [2.75, 3.05) is 19.7 Å². The topological polar surface area (TPSA) is 55.8 Å². The molecule has 2 aliphatic heterocycles. The van der Waals surface area contributed by atoms with Crippen molar-refractivity contribution < 1.29 is 19.1 Å². The molecule has 2 heterocycles. The van der Waals surface area contributed by atoms with Gasteiger partial charge in [0.2, 0.25) is 0 Å². The summed E-state index contributed by atoms with van der Waals surface area (Å²) in [4.78, 5) is 27.1. The van der Waals surface area contributed by atoms with Crippen LogP contribution in [0.2, 0.25) is 0 Å². The molecule has 5 nitrogen and oxygen atoms in total. The molecular weight excluding hydrogens is 366 g/mol. The van der Waals surface area contributed by atoms with Crippen molar-refractivity contribution in [2.45, 2.75) is 45.6 Å². The molecule has 5 heteroatoms. The number of hydrogen-bond acceptors (Lipinski definition) is 4. The van der Waals surface area contributed by atoms with E-state index in [4.69, 9.17) is 9.47 Å². The normalized spacial score (nSPS) is 17.6. The van der Waals surface area contributed by atoms with Gasteiger partial charge >= 0.3 is 0 Å². The highest BCUT2D eigenvalue weighted by molar-refractivity contribution is 6.00. The molecule has 0 aliphatic carbocycles. The number of piperidine rings is 1. The first kappa shape index (κ1) is 19.5. The van der Waals surface area contributed by atoms with Gasteiger partial charge in [-0.1, -0.05) is 23.8 Å². The number of likely N-dealkylation sites (tertiary alicyclic amines) is 1. The Bertz CT molecular complexity index is 957. The van der Waals surface area contributed by atoms with Gasteiger partial charge in [-0.15, -0.1) is 0 Å². The summed E-state index contributed by atoms with van der Waals surface area (Å²) in [6, 6.07) is 11.6. The first-order valence-electron chi connectivity index (χ1n) is 10.2. The van der Waals surface area contributed by atoms with Gasteiger partial charge in [0, 0.05) is 25.9 Å². The third kappa shape index (κ3) is 3.86. The molecule has 2 aromatic rings. The zero-order valence-corrected chi connectivity index (χ0v) is 17.3. The standard InChI is InChI=1S/C24H27NO4/c1-16-7-8-22-19(13-16)20(26)14-24(29-22)9-11-25(12-10-24)23(27)15-28-21-6-4-5-17(2)18(21)3/h4-8,13H,9-12,14-15H2,1-3H3. The monoisotopic (exact) mass is 393 g/mol. The van der Waals surface area contributed by atoms with Crippen LogP contribution in [0.1, 0.15) is 46.3 Å². The molecule has 0 bridgehead atoms. The second-order valence-corrected chi connectivity index (χ2v) is 8.25. The maximum atomic E-state index is 12.7. The van der Waals surface area contributed by atoms with Crippen LogP contribution in [0.5, 0.6) is 11.5 Å². The second-order valence-electron chi connectivity index (χ2n) is 8.25. The third-order valence-corrected chi connectivity index (χ3v) is 6.18. The van der Waals surface area contributed by atoms with Gasteiger partial charge in [0.25, 0.3) is 5.91 Å². The Morgan fingerprint density at radius 2 is 1.90 bits per heavy atom. The van der Waals surface area contributed by atoms with Crippen molar-refractivity contribution in [1.29, 1.82) is 0 Å².